The molecule has 0 radical (unpaired) electrons. The third kappa shape index (κ3) is 5.46. The molecule has 0 aromatic heterocycles. The molecule has 1 N–H and O–H groups in total. The SMILES string of the molecule is O=C(/C=C/c1ccccc1)NOC(=O)/C=C\c1ccccc1. The maximum Gasteiger partial charge on any atom is 0.355 e. The van der Waals surface area contributed by atoms with Gasteiger partial charge in [-0.3, -0.25) is 4.79 Å². The van der Waals surface area contributed by atoms with E-state index in [1.54, 1.807) is 12.2 Å². The first-order valence-electron chi connectivity index (χ1n) is 6.71. The van der Waals surface area contributed by atoms with Gasteiger partial charge in [-0.1, -0.05) is 60.7 Å². The van der Waals surface area contributed by atoms with Crippen LogP contribution in [0.1, 0.15) is 11.1 Å². The van der Waals surface area contributed by atoms with Gasteiger partial charge in [-0.05, 0) is 23.3 Å². The Kier molecular flexibility index (Phi) is 5.70. The Hall–Kier alpha value is -3.14. The summed E-state index contributed by atoms with van der Waals surface area (Å²) in [5.74, 6) is -1.16. The number of carbonyl (C=O) groups excluding carboxylic acids is 2. The molecule has 2 aromatic carbocycles. The van der Waals surface area contributed by atoms with E-state index in [0.29, 0.717) is 0 Å². The zero-order valence-corrected chi connectivity index (χ0v) is 11.8. The van der Waals surface area contributed by atoms with Crippen molar-refractivity contribution < 1.29 is 14.4 Å². The highest BCUT2D eigenvalue weighted by molar-refractivity contribution is 5.93. The largest absolute Gasteiger partial charge is 0.355 e. The Bertz CT molecular complexity index is 614. The first-order chi connectivity index (χ1) is 10.7. The Morgan fingerprint density at radius 1 is 0.773 bits per heavy atom. The number of amides is 1. The van der Waals surface area contributed by atoms with Crippen LogP contribution in [0.25, 0.3) is 12.2 Å². The molecule has 0 aliphatic heterocycles. The van der Waals surface area contributed by atoms with Crippen molar-refractivity contribution in [1.82, 2.24) is 5.48 Å². The molecule has 0 heterocycles. The second-order valence-corrected chi connectivity index (χ2v) is 4.38. The van der Waals surface area contributed by atoms with Crippen LogP contribution in [0.15, 0.2) is 72.8 Å². The van der Waals surface area contributed by atoms with Crippen molar-refractivity contribution in [2.75, 3.05) is 0 Å². The summed E-state index contributed by atoms with van der Waals surface area (Å²) >= 11 is 0. The maximum absolute atomic E-state index is 11.5. The van der Waals surface area contributed by atoms with Gasteiger partial charge in [0.2, 0.25) is 0 Å². The van der Waals surface area contributed by atoms with E-state index in [-0.39, 0.29) is 0 Å². The van der Waals surface area contributed by atoms with Crippen LogP contribution in [0.3, 0.4) is 0 Å². The third-order valence-electron chi connectivity index (χ3n) is 2.69. The molecular weight excluding hydrogens is 278 g/mol. The smallest absolute Gasteiger partial charge is 0.336 e. The minimum Gasteiger partial charge on any atom is -0.336 e. The number of nitrogens with one attached hydrogen (secondary N) is 1. The summed E-state index contributed by atoms with van der Waals surface area (Å²) in [4.78, 5) is 27.6. The summed E-state index contributed by atoms with van der Waals surface area (Å²) < 4.78 is 0. The molecule has 0 aliphatic carbocycles. The molecule has 2 aromatic rings. The van der Waals surface area contributed by atoms with Gasteiger partial charge in [0.1, 0.15) is 0 Å². The highest BCUT2D eigenvalue weighted by atomic mass is 16.7. The van der Waals surface area contributed by atoms with E-state index in [2.05, 4.69) is 10.3 Å². The lowest BCUT2D eigenvalue weighted by molar-refractivity contribution is -0.151. The van der Waals surface area contributed by atoms with Crippen molar-refractivity contribution >= 4 is 24.0 Å². The average molecular weight is 293 g/mol. The van der Waals surface area contributed by atoms with E-state index < -0.39 is 11.9 Å². The molecule has 0 atom stereocenters. The number of hydrogen-bond acceptors (Lipinski definition) is 3. The Labute approximate surface area is 128 Å². The van der Waals surface area contributed by atoms with E-state index in [9.17, 15) is 9.59 Å². The summed E-state index contributed by atoms with van der Waals surface area (Å²) in [5, 5.41) is 0. The first-order valence-corrected chi connectivity index (χ1v) is 6.71. The number of hydrogen-bond donors (Lipinski definition) is 1. The van der Waals surface area contributed by atoms with Crippen molar-refractivity contribution in [3.63, 3.8) is 0 Å². The summed E-state index contributed by atoms with van der Waals surface area (Å²) in [6.07, 6.45) is 5.78. The monoisotopic (exact) mass is 293 g/mol. The lowest BCUT2D eigenvalue weighted by Crippen LogP contribution is -2.24. The fourth-order valence-electron chi connectivity index (χ4n) is 1.63. The predicted octanol–water partition coefficient (Wildman–Crippen LogP) is 2.99. The summed E-state index contributed by atoms with van der Waals surface area (Å²) in [6.45, 7) is 0. The number of benzene rings is 2. The highest BCUT2D eigenvalue weighted by Gasteiger charge is 2.00. The van der Waals surface area contributed by atoms with Crippen LogP contribution in [0.2, 0.25) is 0 Å². The highest BCUT2D eigenvalue weighted by Crippen LogP contribution is 2.01. The normalized spacial score (nSPS) is 10.7. The van der Waals surface area contributed by atoms with Gasteiger partial charge in [0.25, 0.3) is 5.91 Å². The van der Waals surface area contributed by atoms with E-state index in [1.807, 2.05) is 60.7 Å². The van der Waals surface area contributed by atoms with Crippen LogP contribution in [0.4, 0.5) is 0 Å². The summed E-state index contributed by atoms with van der Waals surface area (Å²) in [5.41, 5.74) is 3.81. The van der Waals surface area contributed by atoms with Crippen molar-refractivity contribution in [2.45, 2.75) is 0 Å². The minimum absolute atomic E-state index is 0.509. The lowest BCUT2D eigenvalue weighted by Gasteiger charge is -2.00. The molecule has 2 rings (SSSR count). The van der Waals surface area contributed by atoms with E-state index >= 15 is 0 Å². The Morgan fingerprint density at radius 2 is 1.27 bits per heavy atom. The van der Waals surface area contributed by atoms with Crippen LogP contribution in [-0.2, 0) is 14.4 Å². The Balaban J connectivity index is 1.77. The molecule has 0 aliphatic rings. The van der Waals surface area contributed by atoms with E-state index in [1.165, 1.54) is 12.2 Å². The fraction of sp³-hybridized carbons (Fsp3) is 0. The van der Waals surface area contributed by atoms with Gasteiger partial charge in [-0.2, -0.15) is 5.48 Å². The van der Waals surface area contributed by atoms with Gasteiger partial charge in [0.15, 0.2) is 0 Å². The first kappa shape index (κ1) is 15.3. The molecule has 0 bridgehead atoms. The number of rotatable bonds is 4. The second-order valence-electron chi connectivity index (χ2n) is 4.38. The molecule has 1 amide bonds. The molecular formula is C18H15NO3. The minimum atomic E-state index is -0.648. The zero-order valence-electron chi connectivity index (χ0n) is 11.8. The van der Waals surface area contributed by atoms with Crippen molar-refractivity contribution in [3.05, 3.63) is 83.9 Å². The summed E-state index contributed by atoms with van der Waals surface area (Å²) in [7, 11) is 0. The van der Waals surface area contributed by atoms with E-state index in [0.717, 1.165) is 11.1 Å². The van der Waals surface area contributed by atoms with Crippen LogP contribution in [0.5, 0.6) is 0 Å². The van der Waals surface area contributed by atoms with E-state index in [4.69, 9.17) is 0 Å². The molecule has 110 valence electrons. The van der Waals surface area contributed by atoms with Crippen molar-refractivity contribution in [1.29, 1.82) is 0 Å². The van der Waals surface area contributed by atoms with Gasteiger partial charge in [0, 0.05) is 12.2 Å². The second kappa shape index (κ2) is 8.21. The third-order valence-corrected chi connectivity index (χ3v) is 2.69. The Morgan fingerprint density at radius 3 is 1.82 bits per heavy atom. The molecule has 0 fully saturated rings. The van der Waals surface area contributed by atoms with Gasteiger partial charge in [-0.15, -0.1) is 0 Å². The quantitative estimate of drug-likeness (QED) is 0.696. The molecule has 22 heavy (non-hydrogen) atoms. The van der Waals surface area contributed by atoms with Crippen molar-refractivity contribution in [3.8, 4) is 0 Å². The van der Waals surface area contributed by atoms with Gasteiger partial charge < -0.3 is 4.84 Å². The molecule has 0 spiro atoms. The molecule has 4 heteroatoms. The summed E-state index contributed by atoms with van der Waals surface area (Å²) in [6, 6.07) is 18.7. The number of hydroxylamine groups is 1. The molecule has 0 saturated heterocycles. The maximum atomic E-state index is 11.5. The number of carbonyl (C=O) groups is 2. The van der Waals surface area contributed by atoms with Crippen LogP contribution in [-0.4, -0.2) is 11.9 Å². The van der Waals surface area contributed by atoms with Crippen LogP contribution in [0, 0.1) is 0 Å². The molecule has 0 saturated carbocycles. The van der Waals surface area contributed by atoms with Gasteiger partial charge >= 0.3 is 5.97 Å². The van der Waals surface area contributed by atoms with Gasteiger partial charge in [-0.25, -0.2) is 4.79 Å². The standard InChI is InChI=1S/C18H15NO3/c20-17(13-11-15-7-3-1-4-8-15)19-22-18(21)14-12-16-9-5-2-6-10-16/h1-14H,(H,19,20)/b13-11+,14-12-. The van der Waals surface area contributed by atoms with Crippen LogP contribution < -0.4 is 5.48 Å². The molecule has 4 nitrogen and oxygen atoms in total. The molecule has 0 unspecified atom stereocenters. The predicted molar refractivity (Wildman–Crippen MR) is 85.2 cm³/mol. The van der Waals surface area contributed by atoms with Crippen molar-refractivity contribution in [2.24, 2.45) is 0 Å². The van der Waals surface area contributed by atoms with Crippen LogP contribution >= 0.6 is 0 Å². The average Bonchev–Trinajstić information content (AvgIpc) is 2.58. The zero-order chi connectivity index (χ0) is 15.6. The lowest BCUT2D eigenvalue weighted by atomic mass is 10.2. The topological polar surface area (TPSA) is 55.4 Å². The fourth-order valence-corrected chi connectivity index (χ4v) is 1.63. The van der Waals surface area contributed by atoms with Gasteiger partial charge in [0.05, 0.1) is 0 Å².